The van der Waals surface area contributed by atoms with Gasteiger partial charge in [-0.15, -0.1) is 0 Å². The largest absolute Gasteiger partial charge is 0.365 e. The maximum Gasteiger partial charge on any atom is 0.259 e. The van der Waals surface area contributed by atoms with E-state index in [4.69, 9.17) is 10.7 Å². The molecule has 1 spiro atoms. The van der Waals surface area contributed by atoms with Gasteiger partial charge < -0.3 is 10.6 Å². The van der Waals surface area contributed by atoms with E-state index in [0.717, 1.165) is 41.6 Å². The highest BCUT2D eigenvalue weighted by Gasteiger charge is 2.55. The van der Waals surface area contributed by atoms with Gasteiger partial charge in [0.2, 0.25) is 0 Å². The van der Waals surface area contributed by atoms with Gasteiger partial charge in [0.05, 0.1) is 11.0 Å². The standard InChI is InChI=1S/C30H26N4O/c31-19-24(29(32)35)22-14-15-26-28(17-22)34-27(21-11-5-2-6-12-21)18-23(20-9-3-1-4-10-20)25-13-7-8-16-30(25,34)33-26/h1-6,9-12,14-15,17-18,23,25H,7-8,13,16H2,(H2,32,35). The maximum absolute atomic E-state index is 11.9. The molecule has 1 saturated carbocycles. The average molecular weight is 459 g/mol. The van der Waals surface area contributed by atoms with Crippen molar-refractivity contribution in [3.8, 4) is 6.07 Å². The number of nitrogens with zero attached hydrogens (tertiary/aromatic N) is 3. The van der Waals surface area contributed by atoms with Crippen molar-refractivity contribution in [2.75, 3.05) is 4.90 Å². The molecule has 3 aromatic carbocycles. The van der Waals surface area contributed by atoms with Crippen molar-refractivity contribution in [2.45, 2.75) is 37.3 Å². The van der Waals surface area contributed by atoms with Crippen molar-refractivity contribution in [1.82, 2.24) is 0 Å². The summed E-state index contributed by atoms with van der Waals surface area (Å²) in [5.74, 6) is -0.154. The Bertz CT molecular complexity index is 1500. The number of hydrogen-bond donors (Lipinski definition) is 1. The molecule has 2 N–H and O–H groups in total. The summed E-state index contributed by atoms with van der Waals surface area (Å²) in [5, 5.41) is 11.0. The van der Waals surface area contributed by atoms with Crippen LogP contribution < -0.4 is 21.2 Å². The Morgan fingerprint density at radius 1 is 1.03 bits per heavy atom. The van der Waals surface area contributed by atoms with Crippen LogP contribution in [0.25, 0.3) is 11.3 Å². The fourth-order valence-corrected chi connectivity index (χ4v) is 6.27. The molecule has 3 atom stereocenters. The second kappa shape index (κ2) is 8.25. The van der Waals surface area contributed by atoms with E-state index >= 15 is 0 Å². The molecule has 2 heterocycles. The second-order valence-corrected chi connectivity index (χ2v) is 9.59. The van der Waals surface area contributed by atoms with Gasteiger partial charge in [-0.2, -0.15) is 5.26 Å². The lowest BCUT2D eigenvalue weighted by atomic mass is 9.66. The van der Waals surface area contributed by atoms with Gasteiger partial charge in [-0.1, -0.05) is 79.2 Å². The molecule has 0 aromatic heterocycles. The summed E-state index contributed by atoms with van der Waals surface area (Å²) >= 11 is 0. The summed E-state index contributed by atoms with van der Waals surface area (Å²) in [7, 11) is 0. The number of anilines is 1. The van der Waals surface area contributed by atoms with Crippen LogP contribution in [0, 0.1) is 17.2 Å². The molecule has 5 nitrogen and oxygen atoms in total. The molecule has 35 heavy (non-hydrogen) atoms. The van der Waals surface area contributed by atoms with Crippen molar-refractivity contribution in [3.63, 3.8) is 0 Å². The molecule has 3 aliphatic rings. The lowest BCUT2D eigenvalue weighted by Gasteiger charge is -2.53. The zero-order valence-electron chi connectivity index (χ0n) is 19.4. The third-order valence-electron chi connectivity index (χ3n) is 7.73. The number of nitrogens with two attached hydrogens (primary N) is 1. The van der Waals surface area contributed by atoms with E-state index in [0.29, 0.717) is 11.1 Å². The number of allylic oxidation sites excluding steroid dienone is 1. The number of carbonyl (C=O) groups excluding carboxylic acids is 1. The molecule has 3 unspecified atom stereocenters. The summed E-state index contributed by atoms with van der Waals surface area (Å²) < 4.78 is 0. The minimum Gasteiger partial charge on any atom is -0.365 e. The van der Waals surface area contributed by atoms with Crippen LogP contribution in [-0.2, 0) is 4.79 Å². The molecule has 0 bridgehead atoms. The maximum atomic E-state index is 11.9. The van der Waals surface area contributed by atoms with E-state index in [1.165, 1.54) is 12.0 Å². The van der Waals surface area contributed by atoms with Crippen LogP contribution >= 0.6 is 0 Å². The van der Waals surface area contributed by atoms with Gasteiger partial charge >= 0.3 is 0 Å². The van der Waals surface area contributed by atoms with Gasteiger partial charge in [0.15, 0.2) is 0 Å². The van der Waals surface area contributed by atoms with Crippen molar-refractivity contribution in [3.05, 3.63) is 107 Å². The molecule has 1 amide bonds. The van der Waals surface area contributed by atoms with Gasteiger partial charge in [-0.3, -0.25) is 9.79 Å². The van der Waals surface area contributed by atoms with Gasteiger partial charge in [0, 0.05) is 22.8 Å². The molecule has 3 aromatic rings. The van der Waals surface area contributed by atoms with E-state index in [1.54, 1.807) is 6.07 Å². The number of benzene rings is 3. The molecule has 6 rings (SSSR count). The molecule has 0 saturated heterocycles. The number of hydrogen-bond acceptors (Lipinski definition) is 4. The zero-order chi connectivity index (χ0) is 24.0. The second-order valence-electron chi connectivity index (χ2n) is 9.59. The molecule has 5 heteroatoms. The lowest BCUT2D eigenvalue weighted by molar-refractivity contribution is -0.112. The molecule has 1 fully saturated rings. The van der Waals surface area contributed by atoms with Crippen molar-refractivity contribution < 1.29 is 4.79 Å². The average Bonchev–Trinajstić information content (AvgIpc) is 3.22. The SMILES string of the molecule is N#CC(C(N)=O)=c1ccc2c(c1)N1C(c3ccccc3)=CC(c3ccccc3)C3CCCCC31N=2. The Morgan fingerprint density at radius 3 is 2.49 bits per heavy atom. The first kappa shape index (κ1) is 21.4. The minimum absolute atomic E-state index is 0.0293. The predicted octanol–water partition coefficient (Wildman–Crippen LogP) is 4.01. The minimum atomic E-state index is -0.714. The van der Waals surface area contributed by atoms with Crippen LogP contribution in [0.15, 0.2) is 89.9 Å². The predicted molar refractivity (Wildman–Crippen MR) is 136 cm³/mol. The van der Waals surface area contributed by atoms with Crippen LogP contribution in [0.4, 0.5) is 5.69 Å². The zero-order valence-corrected chi connectivity index (χ0v) is 19.4. The van der Waals surface area contributed by atoms with E-state index < -0.39 is 11.6 Å². The highest BCUT2D eigenvalue weighted by Crippen LogP contribution is 2.55. The summed E-state index contributed by atoms with van der Waals surface area (Å²) in [6.45, 7) is 0. The Morgan fingerprint density at radius 2 is 1.77 bits per heavy atom. The fraction of sp³-hybridized carbons (Fsp3) is 0.233. The van der Waals surface area contributed by atoms with Crippen LogP contribution in [0.5, 0.6) is 0 Å². The van der Waals surface area contributed by atoms with Crippen LogP contribution in [0.2, 0.25) is 0 Å². The third kappa shape index (κ3) is 3.29. The molecule has 0 radical (unpaired) electrons. The molecular formula is C30H26N4O. The first-order valence-electron chi connectivity index (χ1n) is 12.2. The normalized spacial score (nSPS) is 25.2. The van der Waals surface area contributed by atoms with Crippen molar-refractivity contribution >= 4 is 22.9 Å². The first-order valence-corrected chi connectivity index (χ1v) is 12.2. The van der Waals surface area contributed by atoms with Gasteiger partial charge in [0.25, 0.3) is 5.91 Å². The first-order chi connectivity index (χ1) is 17.1. The van der Waals surface area contributed by atoms with Gasteiger partial charge in [-0.25, -0.2) is 0 Å². The summed E-state index contributed by atoms with van der Waals surface area (Å²) in [6, 6.07) is 28.8. The topological polar surface area (TPSA) is 82.5 Å². The summed E-state index contributed by atoms with van der Waals surface area (Å²) in [4.78, 5) is 19.8. The van der Waals surface area contributed by atoms with Gasteiger partial charge in [-0.05, 0) is 42.5 Å². The number of primary amides is 1. The van der Waals surface area contributed by atoms with E-state index in [9.17, 15) is 10.1 Å². The smallest absolute Gasteiger partial charge is 0.259 e. The van der Waals surface area contributed by atoms with Crippen LogP contribution in [0.3, 0.4) is 0 Å². The summed E-state index contributed by atoms with van der Waals surface area (Å²) in [6.07, 6.45) is 6.75. The lowest BCUT2D eigenvalue weighted by Crippen LogP contribution is -2.55. The number of rotatable bonds is 3. The highest BCUT2D eigenvalue weighted by atomic mass is 16.1. The molecule has 2 aliphatic heterocycles. The molecule has 172 valence electrons. The van der Waals surface area contributed by atoms with E-state index in [1.807, 2.05) is 24.3 Å². The van der Waals surface area contributed by atoms with Crippen molar-refractivity contribution in [2.24, 2.45) is 16.6 Å². The Labute approximate surface area is 204 Å². The summed E-state index contributed by atoms with van der Waals surface area (Å²) in [5.41, 5.74) is 9.58. The van der Waals surface area contributed by atoms with E-state index in [2.05, 4.69) is 65.6 Å². The number of carbonyl (C=O) groups is 1. The Hall–Kier alpha value is -4.17. The quantitative estimate of drug-likeness (QED) is 0.644. The van der Waals surface area contributed by atoms with E-state index in [-0.39, 0.29) is 11.5 Å². The number of fused-ring (bicyclic) bond motifs is 2. The molecule has 1 aliphatic carbocycles. The Balaban J connectivity index is 1.64. The number of nitriles is 1. The van der Waals surface area contributed by atoms with Crippen LogP contribution in [-0.4, -0.2) is 11.6 Å². The van der Waals surface area contributed by atoms with Crippen LogP contribution in [0.1, 0.15) is 42.7 Å². The monoisotopic (exact) mass is 458 g/mol. The number of amides is 1. The van der Waals surface area contributed by atoms with Crippen molar-refractivity contribution in [1.29, 1.82) is 5.26 Å². The third-order valence-corrected chi connectivity index (χ3v) is 7.73. The molecular weight excluding hydrogens is 432 g/mol. The fourth-order valence-electron chi connectivity index (χ4n) is 6.27. The Kier molecular flexibility index (Phi) is 5.04. The highest BCUT2D eigenvalue weighted by molar-refractivity contribution is 6.17. The van der Waals surface area contributed by atoms with Gasteiger partial charge in [0.1, 0.15) is 17.3 Å².